The van der Waals surface area contributed by atoms with Crippen LogP contribution in [0, 0.1) is 13.8 Å². The normalized spacial score (nSPS) is 12.0. The van der Waals surface area contributed by atoms with Gasteiger partial charge in [0.15, 0.2) is 12.4 Å². The molecule has 5 nitrogen and oxygen atoms in total. The zero-order valence-corrected chi connectivity index (χ0v) is 12.2. The highest BCUT2D eigenvalue weighted by Crippen LogP contribution is 2.22. The van der Waals surface area contributed by atoms with E-state index in [-0.39, 0.29) is 0 Å². The van der Waals surface area contributed by atoms with Gasteiger partial charge in [-0.3, -0.25) is 4.79 Å². The predicted octanol–water partition coefficient (Wildman–Crippen LogP) is 2.76. The molecule has 1 aromatic carbocycles. The molecule has 0 aliphatic rings. The van der Waals surface area contributed by atoms with Gasteiger partial charge in [-0.25, -0.2) is 4.79 Å². The summed E-state index contributed by atoms with van der Waals surface area (Å²) < 4.78 is 7.25. The molecule has 0 spiro atoms. The number of aldehydes is 1. The Kier molecular flexibility index (Phi) is 4.12. The van der Waals surface area contributed by atoms with Crippen molar-refractivity contribution in [1.82, 2.24) is 4.57 Å². The Morgan fingerprint density at radius 3 is 2.38 bits per heavy atom. The van der Waals surface area contributed by atoms with Gasteiger partial charge in [0.25, 0.3) is 0 Å². The quantitative estimate of drug-likeness (QED) is 0.859. The third-order valence-electron chi connectivity index (χ3n) is 3.35. The fraction of sp³-hybridized carbons (Fsp3) is 0.250. The van der Waals surface area contributed by atoms with Crippen molar-refractivity contribution in [3.63, 3.8) is 0 Å². The highest BCUT2D eigenvalue weighted by molar-refractivity contribution is 5.77. The van der Waals surface area contributed by atoms with Crippen LogP contribution in [0.5, 0.6) is 5.75 Å². The predicted molar refractivity (Wildman–Crippen MR) is 78.4 cm³/mol. The molecule has 2 rings (SSSR count). The van der Waals surface area contributed by atoms with Crippen LogP contribution in [0.3, 0.4) is 0 Å². The number of carbonyl (C=O) groups excluding carboxylic acids is 1. The average molecular weight is 287 g/mol. The minimum Gasteiger partial charge on any atom is -0.479 e. The van der Waals surface area contributed by atoms with E-state index in [2.05, 4.69) is 0 Å². The van der Waals surface area contributed by atoms with Crippen LogP contribution >= 0.6 is 0 Å². The lowest BCUT2D eigenvalue weighted by molar-refractivity contribution is -0.144. The summed E-state index contributed by atoms with van der Waals surface area (Å²) in [7, 11) is 0. The Bertz CT molecular complexity index is 670. The van der Waals surface area contributed by atoms with E-state index in [0.29, 0.717) is 11.3 Å². The molecule has 1 atom stereocenters. The summed E-state index contributed by atoms with van der Waals surface area (Å²) in [6.07, 6.45) is -0.0576. The third-order valence-corrected chi connectivity index (χ3v) is 3.35. The van der Waals surface area contributed by atoms with Crippen LogP contribution < -0.4 is 4.74 Å². The van der Waals surface area contributed by atoms with Gasteiger partial charge in [0, 0.05) is 22.6 Å². The van der Waals surface area contributed by atoms with Crippen LogP contribution in [0.1, 0.15) is 28.7 Å². The van der Waals surface area contributed by atoms with Crippen LogP contribution in [-0.2, 0) is 4.79 Å². The second-order valence-corrected chi connectivity index (χ2v) is 4.87. The van der Waals surface area contributed by atoms with Gasteiger partial charge >= 0.3 is 5.97 Å². The first-order chi connectivity index (χ1) is 9.93. The molecule has 0 bridgehead atoms. The summed E-state index contributed by atoms with van der Waals surface area (Å²) in [6, 6.07) is 8.93. The van der Waals surface area contributed by atoms with Crippen LogP contribution in [0.4, 0.5) is 0 Å². The number of aryl methyl sites for hydroxylation is 1. The van der Waals surface area contributed by atoms with Gasteiger partial charge in [0.2, 0.25) is 0 Å². The first-order valence-electron chi connectivity index (χ1n) is 6.58. The van der Waals surface area contributed by atoms with Crippen molar-refractivity contribution in [2.24, 2.45) is 0 Å². The SMILES string of the molecule is Cc1cc(C=O)c(C)n1-c1ccc(O[C@@H](C)C(=O)O)cc1. The number of hydrogen-bond acceptors (Lipinski definition) is 3. The second-order valence-electron chi connectivity index (χ2n) is 4.87. The summed E-state index contributed by atoms with van der Waals surface area (Å²) in [5, 5.41) is 8.82. The van der Waals surface area contributed by atoms with Gasteiger partial charge in [0.1, 0.15) is 5.75 Å². The molecule has 5 heteroatoms. The van der Waals surface area contributed by atoms with Gasteiger partial charge in [0.05, 0.1) is 0 Å². The summed E-state index contributed by atoms with van der Waals surface area (Å²) >= 11 is 0. The number of nitrogens with zero attached hydrogens (tertiary/aromatic N) is 1. The first kappa shape index (κ1) is 14.8. The fourth-order valence-corrected chi connectivity index (χ4v) is 2.23. The van der Waals surface area contributed by atoms with Crippen LogP contribution in [0.15, 0.2) is 30.3 Å². The number of carboxylic acids is 1. The fourth-order valence-electron chi connectivity index (χ4n) is 2.23. The summed E-state index contributed by atoms with van der Waals surface area (Å²) in [4.78, 5) is 21.7. The second kappa shape index (κ2) is 5.83. The third kappa shape index (κ3) is 2.97. The Morgan fingerprint density at radius 2 is 1.90 bits per heavy atom. The molecular weight excluding hydrogens is 270 g/mol. The molecule has 0 saturated heterocycles. The van der Waals surface area contributed by atoms with Crippen molar-refractivity contribution in [2.75, 3.05) is 0 Å². The van der Waals surface area contributed by atoms with Crippen molar-refractivity contribution in [2.45, 2.75) is 26.9 Å². The number of ether oxygens (including phenoxy) is 1. The largest absolute Gasteiger partial charge is 0.479 e. The van der Waals surface area contributed by atoms with E-state index in [1.807, 2.05) is 36.6 Å². The topological polar surface area (TPSA) is 68.5 Å². The highest BCUT2D eigenvalue weighted by Gasteiger charge is 2.13. The van der Waals surface area contributed by atoms with E-state index < -0.39 is 12.1 Å². The van der Waals surface area contributed by atoms with Crippen molar-refractivity contribution in [1.29, 1.82) is 0 Å². The number of benzene rings is 1. The maximum Gasteiger partial charge on any atom is 0.344 e. The molecule has 110 valence electrons. The van der Waals surface area contributed by atoms with Gasteiger partial charge in [-0.15, -0.1) is 0 Å². The Labute approximate surface area is 122 Å². The van der Waals surface area contributed by atoms with E-state index in [4.69, 9.17) is 9.84 Å². The molecule has 0 aliphatic heterocycles. The Balaban J connectivity index is 2.29. The van der Waals surface area contributed by atoms with E-state index in [9.17, 15) is 9.59 Å². The molecule has 0 radical (unpaired) electrons. The number of carboxylic acid groups (broad SMARTS) is 1. The number of carbonyl (C=O) groups is 2. The number of aliphatic carboxylic acids is 1. The molecule has 1 heterocycles. The Morgan fingerprint density at radius 1 is 1.29 bits per heavy atom. The molecule has 1 N–H and O–H groups in total. The van der Waals surface area contributed by atoms with Crippen molar-refractivity contribution < 1.29 is 19.4 Å². The zero-order chi connectivity index (χ0) is 15.6. The number of aromatic nitrogens is 1. The Hall–Kier alpha value is -2.56. The molecule has 21 heavy (non-hydrogen) atoms. The minimum absolute atomic E-state index is 0.492. The van der Waals surface area contributed by atoms with Crippen molar-refractivity contribution >= 4 is 12.3 Å². The lowest BCUT2D eigenvalue weighted by Gasteiger charge is -2.13. The lowest BCUT2D eigenvalue weighted by Crippen LogP contribution is -2.22. The number of rotatable bonds is 5. The highest BCUT2D eigenvalue weighted by atomic mass is 16.5. The molecule has 0 aliphatic carbocycles. The summed E-state index contributed by atoms with van der Waals surface area (Å²) in [6.45, 7) is 5.29. The molecule has 0 saturated carbocycles. The molecule has 0 amide bonds. The maximum atomic E-state index is 11.0. The molecule has 0 unspecified atom stereocenters. The monoisotopic (exact) mass is 287 g/mol. The standard InChI is InChI=1S/C16H17NO4/c1-10-8-13(9-18)11(2)17(10)14-4-6-15(7-5-14)21-12(3)16(19)20/h4-9,12H,1-3H3,(H,19,20)/t12-/m0/s1. The van der Waals surface area contributed by atoms with E-state index in [1.54, 1.807) is 12.1 Å². The molecule has 2 aromatic rings. The molecular formula is C16H17NO4. The van der Waals surface area contributed by atoms with Crippen molar-refractivity contribution in [3.05, 3.63) is 47.3 Å². The lowest BCUT2D eigenvalue weighted by atomic mass is 10.2. The van der Waals surface area contributed by atoms with Crippen LogP contribution in [-0.4, -0.2) is 28.0 Å². The van der Waals surface area contributed by atoms with Gasteiger partial charge in [-0.2, -0.15) is 0 Å². The van der Waals surface area contributed by atoms with E-state index >= 15 is 0 Å². The van der Waals surface area contributed by atoms with Gasteiger partial charge in [-0.05, 0) is 51.1 Å². The zero-order valence-electron chi connectivity index (χ0n) is 12.2. The van der Waals surface area contributed by atoms with Gasteiger partial charge < -0.3 is 14.4 Å². The maximum absolute atomic E-state index is 11.0. The first-order valence-corrected chi connectivity index (χ1v) is 6.58. The van der Waals surface area contributed by atoms with E-state index in [0.717, 1.165) is 23.4 Å². The number of hydrogen-bond donors (Lipinski definition) is 1. The van der Waals surface area contributed by atoms with Crippen LogP contribution in [0.2, 0.25) is 0 Å². The van der Waals surface area contributed by atoms with Crippen molar-refractivity contribution in [3.8, 4) is 11.4 Å². The van der Waals surface area contributed by atoms with Crippen LogP contribution in [0.25, 0.3) is 5.69 Å². The minimum atomic E-state index is -1.01. The van der Waals surface area contributed by atoms with E-state index in [1.165, 1.54) is 6.92 Å². The molecule has 0 fully saturated rings. The summed E-state index contributed by atoms with van der Waals surface area (Å²) in [5.74, 6) is -0.515. The smallest absolute Gasteiger partial charge is 0.344 e. The molecule has 1 aromatic heterocycles. The van der Waals surface area contributed by atoms with Gasteiger partial charge in [-0.1, -0.05) is 0 Å². The summed E-state index contributed by atoms with van der Waals surface area (Å²) in [5.41, 5.74) is 3.39. The average Bonchev–Trinajstić information content (AvgIpc) is 2.74.